The van der Waals surface area contributed by atoms with E-state index in [0.717, 1.165) is 6.08 Å². The molecular formula is C5H6N2O2S3. The van der Waals surface area contributed by atoms with Gasteiger partial charge >= 0.3 is 5.97 Å². The summed E-state index contributed by atoms with van der Waals surface area (Å²) in [5.74, 6) is -0.995. The first-order chi connectivity index (χ1) is 5.59. The molecule has 4 nitrogen and oxygen atoms in total. The maximum atomic E-state index is 10.1. The first kappa shape index (κ1) is 9.69. The summed E-state index contributed by atoms with van der Waals surface area (Å²) in [6.07, 6.45) is 2.41. The van der Waals surface area contributed by atoms with E-state index >= 15 is 0 Å². The molecule has 66 valence electrons. The fourth-order valence-corrected chi connectivity index (χ4v) is 1.84. The minimum atomic E-state index is -0.995. The van der Waals surface area contributed by atoms with Gasteiger partial charge in [0.1, 0.15) is 9.57 Å². The van der Waals surface area contributed by atoms with Gasteiger partial charge < -0.3 is 5.11 Å². The Morgan fingerprint density at radius 3 is 3.00 bits per heavy atom. The molecule has 1 aliphatic heterocycles. The average Bonchev–Trinajstić information content (AvgIpc) is 2.28. The Bertz CT molecular complexity index is 243. The SMILES string of the molecule is O=C(O)C=CN1NC(=S)C(S)S1. The second-order valence-corrected chi connectivity index (χ2v) is 4.29. The van der Waals surface area contributed by atoms with Crippen LogP contribution in [0.25, 0.3) is 0 Å². The maximum absolute atomic E-state index is 10.1. The minimum Gasteiger partial charge on any atom is -0.478 e. The number of hydrogen-bond donors (Lipinski definition) is 3. The van der Waals surface area contributed by atoms with E-state index in [1.807, 2.05) is 0 Å². The van der Waals surface area contributed by atoms with Crippen LogP contribution in [-0.2, 0) is 4.79 Å². The lowest BCUT2D eigenvalue weighted by atomic mass is 10.6. The zero-order valence-electron chi connectivity index (χ0n) is 5.80. The molecule has 0 amide bonds. The topological polar surface area (TPSA) is 52.6 Å². The highest BCUT2D eigenvalue weighted by Gasteiger charge is 2.22. The normalized spacial score (nSPS) is 23.2. The van der Waals surface area contributed by atoms with E-state index < -0.39 is 5.97 Å². The summed E-state index contributed by atoms with van der Waals surface area (Å²) in [5, 5.41) is 8.30. The van der Waals surface area contributed by atoms with Crippen LogP contribution in [0.2, 0.25) is 0 Å². The number of hydrogen-bond acceptors (Lipinski definition) is 5. The van der Waals surface area contributed by atoms with Gasteiger partial charge in [0, 0.05) is 12.3 Å². The summed E-state index contributed by atoms with van der Waals surface area (Å²) in [7, 11) is 0. The lowest BCUT2D eigenvalue weighted by molar-refractivity contribution is -0.131. The zero-order valence-corrected chi connectivity index (χ0v) is 8.33. The maximum Gasteiger partial charge on any atom is 0.329 e. The van der Waals surface area contributed by atoms with Crippen LogP contribution in [0.1, 0.15) is 0 Å². The predicted molar refractivity (Wildman–Crippen MR) is 54.7 cm³/mol. The van der Waals surface area contributed by atoms with E-state index in [0.29, 0.717) is 4.99 Å². The Hall–Kier alpha value is -0.400. The van der Waals surface area contributed by atoms with Crippen LogP contribution in [0.3, 0.4) is 0 Å². The summed E-state index contributed by atoms with van der Waals surface area (Å²) < 4.78 is 1.41. The summed E-state index contributed by atoms with van der Waals surface area (Å²) >= 11 is 10.3. The molecule has 1 rings (SSSR count). The largest absolute Gasteiger partial charge is 0.478 e. The quantitative estimate of drug-likeness (QED) is 0.276. The Labute approximate surface area is 84.5 Å². The Balaban J connectivity index is 2.47. The van der Waals surface area contributed by atoms with Crippen LogP contribution in [-0.4, -0.2) is 25.1 Å². The van der Waals surface area contributed by atoms with Crippen LogP contribution in [0.15, 0.2) is 12.3 Å². The van der Waals surface area contributed by atoms with Gasteiger partial charge in [0.05, 0.1) is 0 Å². The molecule has 1 saturated heterocycles. The number of carboxylic acids is 1. The van der Waals surface area contributed by atoms with Crippen molar-refractivity contribution in [2.45, 2.75) is 4.58 Å². The number of thiocarbonyl (C=S) groups is 1. The molecule has 1 fully saturated rings. The first-order valence-corrected chi connectivity index (χ1v) is 4.71. The van der Waals surface area contributed by atoms with Crippen molar-refractivity contribution in [2.75, 3.05) is 0 Å². The van der Waals surface area contributed by atoms with Gasteiger partial charge in [0.2, 0.25) is 0 Å². The molecule has 0 bridgehead atoms. The molecule has 1 atom stereocenters. The second-order valence-electron chi connectivity index (χ2n) is 1.91. The predicted octanol–water partition coefficient (Wildman–Crippen LogP) is 0.636. The summed E-state index contributed by atoms with van der Waals surface area (Å²) in [4.78, 5) is 10.7. The third kappa shape index (κ3) is 2.58. The van der Waals surface area contributed by atoms with Gasteiger partial charge in [-0.1, -0.05) is 12.2 Å². The Kier molecular flexibility index (Phi) is 3.24. The molecule has 0 saturated carbocycles. The van der Waals surface area contributed by atoms with E-state index in [-0.39, 0.29) is 4.58 Å². The smallest absolute Gasteiger partial charge is 0.329 e. The zero-order chi connectivity index (χ0) is 9.14. The lowest BCUT2D eigenvalue weighted by Crippen LogP contribution is -2.25. The van der Waals surface area contributed by atoms with E-state index in [2.05, 4.69) is 18.1 Å². The number of carbonyl (C=O) groups is 1. The fourth-order valence-electron chi connectivity index (χ4n) is 0.549. The van der Waals surface area contributed by atoms with Gasteiger partial charge in [-0.05, 0) is 11.9 Å². The summed E-state index contributed by atoms with van der Waals surface area (Å²) in [6.45, 7) is 0. The van der Waals surface area contributed by atoms with E-state index in [4.69, 9.17) is 17.3 Å². The van der Waals surface area contributed by atoms with Crippen molar-refractivity contribution in [3.8, 4) is 0 Å². The molecule has 0 radical (unpaired) electrons. The van der Waals surface area contributed by atoms with E-state index in [1.165, 1.54) is 22.6 Å². The third-order valence-corrected chi connectivity index (χ3v) is 3.08. The molecule has 2 N–H and O–H groups in total. The highest BCUT2D eigenvalue weighted by atomic mass is 32.2. The highest BCUT2D eigenvalue weighted by Crippen LogP contribution is 2.25. The van der Waals surface area contributed by atoms with Crippen molar-refractivity contribution in [2.24, 2.45) is 0 Å². The van der Waals surface area contributed by atoms with Crippen LogP contribution >= 0.6 is 36.8 Å². The molecule has 7 heteroatoms. The van der Waals surface area contributed by atoms with Crippen molar-refractivity contribution in [1.29, 1.82) is 0 Å². The Morgan fingerprint density at radius 1 is 1.92 bits per heavy atom. The van der Waals surface area contributed by atoms with Crippen molar-refractivity contribution in [3.63, 3.8) is 0 Å². The average molecular weight is 222 g/mol. The third-order valence-electron chi connectivity index (χ3n) is 1.01. The van der Waals surface area contributed by atoms with Crippen LogP contribution < -0.4 is 5.43 Å². The van der Waals surface area contributed by atoms with Gasteiger partial charge in [-0.15, -0.1) is 0 Å². The first-order valence-electron chi connectivity index (χ1n) is 2.95. The second kappa shape index (κ2) is 4.01. The number of hydrazine groups is 1. The van der Waals surface area contributed by atoms with Gasteiger partial charge in [-0.25, -0.2) is 9.21 Å². The van der Waals surface area contributed by atoms with Crippen molar-refractivity contribution in [3.05, 3.63) is 12.3 Å². The van der Waals surface area contributed by atoms with Crippen LogP contribution in [0, 0.1) is 0 Å². The number of thiol groups is 1. The molecule has 1 unspecified atom stereocenters. The fraction of sp³-hybridized carbons (Fsp3) is 0.200. The number of nitrogens with one attached hydrogen (secondary N) is 1. The molecular weight excluding hydrogens is 216 g/mol. The summed E-state index contributed by atoms with van der Waals surface area (Å²) in [5.41, 5.74) is 2.76. The minimum absolute atomic E-state index is 0.0987. The number of rotatable bonds is 2. The lowest BCUT2D eigenvalue weighted by Gasteiger charge is -2.07. The van der Waals surface area contributed by atoms with Crippen LogP contribution in [0.4, 0.5) is 0 Å². The van der Waals surface area contributed by atoms with Gasteiger partial charge in [0.15, 0.2) is 0 Å². The molecule has 1 aliphatic rings. The molecule has 1 heterocycles. The van der Waals surface area contributed by atoms with E-state index in [9.17, 15) is 4.79 Å². The number of aliphatic carboxylic acids is 1. The van der Waals surface area contributed by atoms with Crippen molar-refractivity contribution >= 4 is 47.8 Å². The Morgan fingerprint density at radius 2 is 2.58 bits per heavy atom. The van der Waals surface area contributed by atoms with Gasteiger partial charge in [-0.3, -0.25) is 5.43 Å². The molecule has 12 heavy (non-hydrogen) atoms. The molecule has 0 aromatic carbocycles. The monoisotopic (exact) mass is 222 g/mol. The standard InChI is InChI=1S/C5H6N2O2S3/c8-3(9)1-2-7-6-4(10)5(11)12-7/h1-2,5,11H,(H,6,10)(H,8,9). The highest BCUT2D eigenvalue weighted by molar-refractivity contribution is 8.11. The number of nitrogens with zero attached hydrogens (tertiary/aromatic N) is 1. The van der Waals surface area contributed by atoms with Crippen molar-refractivity contribution < 1.29 is 9.90 Å². The van der Waals surface area contributed by atoms with Gasteiger partial charge in [-0.2, -0.15) is 12.6 Å². The van der Waals surface area contributed by atoms with E-state index in [1.54, 1.807) is 0 Å². The van der Waals surface area contributed by atoms with Gasteiger partial charge in [0.25, 0.3) is 0 Å². The molecule has 0 aromatic rings. The number of carboxylic acid groups (broad SMARTS) is 1. The summed E-state index contributed by atoms with van der Waals surface area (Å²) in [6, 6.07) is 0. The molecule has 0 spiro atoms. The van der Waals surface area contributed by atoms with Crippen LogP contribution in [0.5, 0.6) is 0 Å². The molecule has 0 aromatic heterocycles. The molecule has 0 aliphatic carbocycles. The van der Waals surface area contributed by atoms with Crippen molar-refractivity contribution in [1.82, 2.24) is 9.84 Å².